The Morgan fingerprint density at radius 3 is 2.42 bits per heavy atom. The molecule has 5 nitrogen and oxygen atoms in total. The number of carbonyl (C=O) groups is 1. The second-order valence-electron chi connectivity index (χ2n) is 9.97. The van der Waals surface area contributed by atoms with Gasteiger partial charge in [0.25, 0.3) is 0 Å². The Morgan fingerprint density at radius 1 is 1.03 bits per heavy atom. The van der Waals surface area contributed by atoms with E-state index in [0.29, 0.717) is 18.0 Å². The zero-order chi connectivity index (χ0) is 25.5. The maximum Gasteiger partial charge on any atom is 0.322 e. The van der Waals surface area contributed by atoms with Gasteiger partial charge in [0, 0.05) is 24.2 Å². The molecule has 0 saturated heterocycles. The zero-order valence-corrected chi connectivity index (χ0v) is 21.5. The molecule has 5 rings (SSSR count). The second kappa shape index (κ2) is 9.36. The van der Waals surface area contributed by atoms with Crippen molar-refractivity contribution < 1.29 is 17.6 Å². The van der Waals surface area contributed by atoms with Crippen LogP contribution in [0.4, 0.5) is 14.9 Å². The number of urea groups is 1. The maximum absolute atomic E-state index is 13.7. The largest absolute Gasteiger partial charge is 0.334 e. The third-order valence-corrected chi connectivity index (χ3v) is 9.48. The van der Waals surface area contributed by atoms with E-state index >= 15 is 0 Å². The highest BCUT2D eigenvalue weighted by Crippen LogP contribution is 2.51. The summed E-state index contributed by atoms with van der Waals surface area (Å²) < 4.78 is 37.8. The molecule has 1 aliphatic heterocycles. The lowest BCUT2D eigenvalue weighted by molar-refractivity contribution is 0.245. The second-order valence-corrected chi connectivity index (χ2v) is 12.2. The molecule has 36 heavy (non-hydrogen) atoms. The van der Waals surface area contributed by atoms with E-state index in [9.17, 15) is 17.6 Å². The Labute approximate surface area is 212 Å². The third-order valence-electron chi connectivity index (χ3n) is 7.73. The molecule has 2 amide bonds. The standard InChI is InChI=1S/C29H31FN2O3S/c1-3-36(34,35)24-10-6-21(7-11-24)18-31-28(33)32-19-29(14-4-5-15-29)26-17-22(8-13-27(26)32)25-12-9-23(30)16-20(25)2/h6-13,16-17H,3-5,14-15,18-19H2,1-2H3,(H,31,33). The maximum atomic E-state index is 13.7. The van der Waals surface area contributed by atoms with Gasteiger partial charge in [-0.05, 0) is 84.0 Å². The van der Waals surface area contributed by atoms with Crippen LogP contribution in [0.25, 0.3) is 11.1 Å². The van der Waals surface area contributed by atoms with E-state index in [2.05, 4.69) is 11.4 Å². The molecule has 0 radical (unpaired) electrons. The van der Waals surface area contributed by atoms with Crippen molar-refractivity contribution in [2.45, 2.75) is 56.4 Å². The average Bonchev–Trinajstić information content (AvgIpc) is 3.48. The summed E-state index contributed by atoms with van der Waals surface area (Å²) in [5.41, 5.74) is 5.86. The minimum atomic E-state index is -3.25. The van der Waals surface area contributed by atoms with Crippen molar-refractivity contribution >= 4 is 21.6 Å². The van der Waals surface area contributed by atoms with Crippen LogP contribution in [0.15, 0.2) is 65.6 Å². The number of sulfone groups is 1. The van der Waals surface area contributed by atoms with Crippen LogP contribution in [-0.4, -0.2) is 26.7 Å². The number of amides is 2. The molecule has 1 spiro atoms. The monoisotopic (exact) mass is 506 g/mol. The first-order chi connectivity index (χ1) is 17.2. The summed E-state index contributed by atoms with van der Waals surface area (Å²) in [4.78, 5) is 15.5. The van der Waals surface area contributed by atoms with E-state index in [1.54, 1.807) is 37.3 Å². The number of rotatable bonds is 5. The van der Waals surface area contributed by atoms with Crippen molar-refractivity contribution in [3.8, 4) is 11.1 Å². The van der Waals surface area contributed by atoms with Crippen molar-refractivity contribution in [1.82, 2.24) is 5.32 Å². The van der Waals surface area contributed by atoms with E-state index < -0.39 is 9.84 Å². The van der Waals surface area contributed by atoms with Crippen LogP contribution in [0.5, 0.6) is 0 Å². The summed E-state index contributed by atoms with van der Waals surface area (Å²) in [6.07, 6.45) is 4.37. The molecule has 3 aromatic carbocycles. The molecule has 1 heterocycles. The Morgan fingerprint density at radius 2 is 1.75 bits per heavy atom. The molecule has 3 aromatic rings. The Bertz CT molecular complexity index is 1410. The first-order valence-corrected chi connectivity index (χ1v) is 14.2. The van der Waals surface area contributed by atoms with Gasteiger partial charge < -0.3 is 5.32 Å². The van der Waals surface area contributed by atoms with Crippen LogP contribution >= 0.6 is 0 Å². The first-order valence-electron chi connectivity index (χ1n) is 12.5. The molecule has 0 aromatic heterocycles. The highest BCUT2D eigenvalue weighted by Gasteiger charge is 2.46. The predicted octanol–water partition coefficient (Wildman–Crippen LogP) is 6.14. The van der Waals surface area contributed by atoms with Crippen LogP contribution in [0, 0.1) is 12.7 Å². The lowest BCUT2D eigenvalue weighted by Gasteiger charge is -2.25. The highest BCUT2D eigenvalue weighted by atomic mass is 32.2. The molecule has 2 aliphatic rings. The zero-order valence-electron chi connectivity index (χ0n) is 20.7. The molecular formula is C29H31FN2O3S. The molecule has 0 bridgehead atoms. The molecule has 0 atom stereocenters. The Hall–Kier alpha value is -3.19. The predicted molar refractivity (Wildman–Crippen MR) is 140 cm³/mol. The minimum Gasteiger partial charge on any atom is -0.334 e. The van der Waals surface area contributed by atoms with Crippen LogP contribution < -0.4 is 10.2 Å². The minimum absolute atomic E-state index is 0.0488. The number of carbonyl (C=O) groups excluding carboxylic acids is 1. The van der Waals surface area contributed by atoms with Gasteiger partial charge in [-0.15, -0.1) is 0 Å². The van der Waals surface area contributed by atoms with Crippen molar-refractivity contribution in [1.29, 1.82) is 0 Å². The number of anilines is 1. The lowest BCUT2D eigenvalue weighted by Crippen LogP contribution is -2.41. The fourth-order valence-corrected chi connectivity index (χ4v) is 6.59. The average molecular weight is 507 g/mol. The molecule has 1 N–H and O–H groups in total. The summed E-state index contributed by atoms with van der Waals surface area (Å²) in [6, 6.07) is 17.6. The number of halogens is 1. The van der Waals surface area contributed by atoms with E-state index in [4.69, 9.17) is 0 Å². The summed E-state index contributed by atoms with van der Waals surface area (Å²) in [7, 11) is -3.25. The fourth-order valence-electron chi connectivity index (χ4n) is 5.70. The number of aryl methyl sites for hydroxylation is 1. The third kappa shape index (κ3) is 4.41. The van der Waals surface area contributed by atoms with Crippen LogP contribution in [-0.2, 0) is 21.8 Å². The van der Waals surface area contributed by atoms with Crippen LogP contribution in [0.1, 0.15) is 49.3 Å². The van der Waals surface area contributed by atoms with Gasteiger partial charge in [0.15, 0.2) is 9.84 Å². The SMILES string of the molecule is CCS(=O)(=O)c1ccc(CNC(=O)N2CC3(CCCC3)c3cc(-c4ccc(F)cc4C)ccc32)cc1. The van der Waals surface area contributed by atoms with Crippen molar-refractivity contribution in [2.24, 2.45) is 0 Å². The van der Waals surface area contributed by atoms with Crippen LogP contribution in [0.2, 0.25) is 0 Å². The molecule has 188 valence electrons. The molecule has 1 saturated carbocycles. The van der Waals surface area contributed by atoms with Crippen molar-refractivity contribution in [3.05, 3.63) is 83.2 Å². The van der Waals surface area contributed by atoms with Crippen LogP contribution in [0.3, 0.4) is 0 Å². The number of nitrogens with one attached hydrogen (secondary N) is 1. The topological polar surface area (TPSA) is 66.5 Å². The molecule has 1 aliphatic carbocycles. The summed E-state index contributed by atoms with van der Waals surface area (Å²) in [5, 5.41) is 3.02. The van der Waals surface area contributed by atoms with Gasteiger partial charge in [-0.2, -0.15) is 0 Å². The van der Waals surface area contributed by atoms with E-state index in [1.165, 1.54) is 11.6 Å². The van der Waals surface area contributed by atoms with E-state index in [0.717, 1.165) is 53.6 Å². The van der Waals surface area contributed by atoms with Gasteiger partial charge in [0.05, 0.1) is 10.6 Å². The van der Waals surface area contributed by atoms with Gasteiger partial charge in [-0.3, -0.25) is 4.90 Å². The summed E-state index contributed by atoms with van der Waals surface area (Å²) in [6.45, 7) is 4.50. The van der Waals surface area contributed by atoms with Gasteiger partial charge in [0.2, 0.25) is 0 Å². The summed E-state index contributed by atoms with van der Waals surface area (Å²) in [5.74, 6) is -0.184. The van der Waals surface area contributed by atoms with Gasteiger partial charge in [-0.1, -0.05) is 44.0 Å². The highest BCUT2D eigenvalue weighted by molar-refractivity contribution is 7.91. The lowest BCUT2D eigenvalue weighted by atomic mass is 9.80. The normalized spacial score (nSPS) is 16.4. The quantitative estimate of drug-likeness (QED) is 0.452. The molecule has 0 unspecified atom stereocenters. The number of hydrogen-bond donors (Lipinski definition) is 1. The van der Waals surface area contributed by atoms with Crippen molar-refractivity contribution in [3.63, 3.8) is 0 Å². The number of benzene rings is 3. The molecule has 7 heteroatoms. The van der Waals surface area contributed by atoms with Gasteiger partial charge in [-0.25, -0.2) is 17.6 Å². The van der Waals surface area contributed by atoms with E-state index in [-0.39, 0.29) is 23.0 Å². The molecule has 1 fully saturated rings. The van der Waals surface area contributed by atoms with E-state index in [1.807, 2.05) is 30.0 Å². The van der Waals surface area contributed by atoms with Gasteiger partial charge >= 0.3 is 6.03 Å². The smallest absolute Gasteiger partial charge is 0.322 e. The number of fused-ring (bicyclic) bond motifs is 2. The summed E-state index contributed by atoms with van der Waals surface area (Å²) >= 11 is 0. The van der Waals surface area contributed by atoms with Gasteiger partial charge in [0.1, 0.15) is 5.82 Å². The van der Waals surface area contributed by atoms with Crippen molar-refractivity contribution in [2.75, 3.05) is 17.2 Å². The Kier molecular flexibility index (Phi) is 6.37. The first kappa shape index (κ1) is 24.5. The Balaban J connectivity index is 1.38. The molecular weight excluding hydrogens is 475 g/mol. The fraction of sp³-hybridized carbons (Fsp3) is 0.345. The number of hydrogen-bond acceptors (Lipinski definition) is 3. The number of nitrogens with zero attached hydrogens (tertiary/aromatic N) is 1.